The fourth-order valence-corrected chi connectivity index (χ4v) is 0.820. The van der Waals surface area contributed by atoms with Crippen LogP contribution >= 0.6 is 0 Å². The molecular weight excluding hydrogens is 154 g/mol. The summed E-state index contributed by atoms with van der Waals surface area (Å²) >= 11 is 0. The number of anilines is 1. The number of hydrogen-bond acceptors (Lipinski definition) is 2. The minimum Gasteiger partial charge on any atom is -0.530 e. The third-order valence-electron chi connectivity index (χ3n) is 1.39. The van der Waals surface area contributed by atoms with Crippen LogP contribution in [0.25, 0.3) is 6.08 Å². The summed E-state index contributed by atoms with van der Waals surface area (Å²) in [6, 6.07) is 6.82. The maximum atomic E-state index is 10.1. The molecule has 1 N–H and O–H groups in total. The summed E-state index contributed by atoms with van der Waals surface area (Å²) in [5.41, 5.74) is 1.44. The van der Waals surface area contributed by atoms with Crippen LogP contribution in [0.1, 0.15) is 5.56 Å². The van der Waals surface area contributed by atoms with Crippen molar-refractivity contribution in [2.75, 3.05) is 5.32 Å². The molecule has 0 unspecified atom stereocenters. The van der Waals surface area contributed by atoms with Gasteiger partial charge in [-0.2, -0.15) is 0 Å². The number of hydrogen-bond donors (Lipinski definition) is 1. The Balaban J connectivity index is 2.77. The fraction of sp³-hybridized carbons (Fsp3) is 0. The molecule has 0 fully saturated rings. The zero-order valence-corrected chi connectivity index (χ0v) is 6.41. The minimum absolute atomic E-state index is 0.501. The Morgan fingerprint density at radius 2 is 2.00 bits per heavy atom. The van der Waals surface area contributed by atoms with Gasteiger partial charge in [0.15, 0.2) is 0 Å². The van der Waals surface area contributed by atoms with Crippen LogP contribution in [0.5, 0.6) is 0 Å². The SMILES string of the molecule is C=Cc1ccc(NC(=O)[O-])cc1. The summed E-state index contributed by atoms with van der Waals surface area (Å²) in [5.74, 6) is 0. The highest BCUT2D eigenvalue weighted by molar-refractivity contribution is 5.81. The van der Waals surface area contributed by atoms with Crippen molar-refractivity contribution in [3.8, 4) is 0 Å². The van der Waals surface area contributed by atoms with E-state index in [4.69, 9.17) is 0 Å². The van der Waals surface area contributed by atoms with Gasteiger partial charge in [-0.3, -0.25) is 0 Å². The minimum atomic E-state index is -1.30. The van der Waals surface area contributed by atoms with Gasteiger partial charge in [0, 0.05) is 5.69 Å². The molecule has 1 aromatic rings. The first-order valence-electron chi connectivity index (χ1n) is 3.43. The first kappa shape index (κ1) is 8.33. The number of benzene rings is 1. The molecule has 3 heteroatoms. The van der Waals surface area contributed by atoms with Crippen molar-refractivity contribution in [2.24, 2.45) is 0 Å². The number of carbonyl (C=O) groups is 1. The second kappa shape index (κ2) is 3.57. The lowest BCUT2D eigenvalue weighted by atomic mass is 10.2. The Morgan fingerprint density at radius 3 is 2.42 bits per heavy atom. The Morgan fingerprint density at radius 1 is 1.42 bits per heavy atom. The summed E-state index contributed by atoms with van der Waals surface area (Å²) in [5, 5.41) is 12.2. The quantitative estimate of drug-likeness (QED) is 0.707. The van der Waals surface area contributed by atoms with Gasteiger partial charge in [-0.1, -0.05) is 24.8 Å². The van der Waals surface area contributed by atoms with Gasteiger partial charge in [-0.15, -0.1) is 0 Å². The molecule has 0 saturated heterocycles. The summed E-state index contributed by atoms with van der Waals surface area (Å²) < 4.78 is 0. The Kier molecular flexibility index (Phi) is 2.48. The van der Waals surface area contributed by atoms with Crippen molar-refractivity contribution in [2.45, 2.75) is 0 Å². The van der Waals surface area contributed by atoms with E-state index in [0.29, 0.717) is 5.69 Å². The highest BCUT2D eigenvalue weighted by Crippen LogP contribution is 2.09. The topological polar surface area (TPSA) is 52.2 Å². The van der Waals surface area contributed by atoms with Gasteiger partial charge in [0.25, 0.3) is 0 Å². The van der Waals surface area contributed by atoms with E-state index >= 15 is 0 Å². The average molecular weight is 162 g/mol. The zero-order valence-electron chi connectivity index (χ0n) is 6.41. The molecule has 0 aliphatic heterocycles. The van der Waals surface area contributed by atoms with Crippen LogP contribution in [-0.2, 0) is 0 Å². The first-order chi connectivity index (χ1) is 5.72. The molecule has 1 aromatic carbocycles. The van der Waals surface area contributed by atoms with Gasteiger partial charge in [0.1, 0.15) is 6.09 Å². The van der Waals surface area contributed by atoms with E-state index in [1.807, 2.05) is 0 Å². The summed E-state index contributed by atoms with van der Waals surface area (Å²) in [6.45, 7) is 3.57. The van der Waals surface area contributed by atoms with Gasteiger partial charge in [0.2, 0.25) is 0 Å². The maximum Gasteiger partial charge on any atom is 0.138 e. The lowest BCUT2D eigenvalue weighted by molar-refractivity contribution is -0.242. The standard InChI is InChI=1S/C9H9NO2/c1-2-7-3-5-8(6-4-7)10-9(11)12/h2-6,10H,1H2,(H,11,12)/p-1. The molecule has 0 bridgehead atoms. The number of carbonyl (C=O) groups excluding carboxylic acids is 1. The van der Waals surface area contributed by atoms with Gasteiger partial charge in [-0.05, 0) is 17.7 Å². The highest BCUT2D eigenvalue weighted by Gasteiger charge is 1.89. The average Bonchev–Trinajstić information content (AvgIpc) is 2.05. The predicted octanol–water partition coefficient (Wildman–Crippen LogP) is 1.08. The molecule has 0 saturated carbocycles. The van der Waals surface area contributed by atoms with E-state index in [-0.39, 0.29) is 0 Å². The van der Waals surface area contributed by atoms with Crippen LogP contribution in [-0.4, -0.2) is 6.09 Å². The van der Waals surface area contributed by atoms with Crippen molar-refractivity contribution in [3.63, 3.8) is 0 Å². The van der Waals surface area contributed by atoms with Crippen molar-refractivity contribution < 1.29 is 9.90 Å². The first-order valence-corrected chi connectivity index (χ1v) is 3.43. The van der Waals surface area contributed by atoms with Crippen LogP contribution in [0.15, 0.2) is 30.8 Å². The Hall–Kier alpha value is -1.77. The molecule has 0 atom stereocenters. The highest BCUT2D eigenvalue weighted by atomic mass is 16.4. The molecule has 62 valence electrons. The molecule has 0 radical (unpaired) electrons. The monoisotopic (exact) mass is 162 g/mol. The van der Waals surface area contributed by atoms with Crippen LogP contribution in [0.4, 0.5) is 10.5 Å². The molecule has 1 amide bonds. The van der Waals surface area contributed by atoms with Crippen LogP contribution in [0.3, 0.4) is 0 Å². The van der Waals surface area contributed by atoms with Gasteiger partial charge in [-0.25, -0.2) is 0 Å². The Labute approximate surface area is 70.3 Å². The number of rotatable bonds is 2. The molecule has 0 spiro atoms. The molecule has 0 aromatic heterocycles. The molecule has 0 aliphatic carbocycles. The molecular formula is C9H8NO2-. The van der Waals surface area contributed by atoms with E-state index in [2.05, 4.69) is 11.9 Å². The van der Waals surface area contributed by atoms with Gasteiger partial charge in [0.05, 0.1) is 0 Å². The number of amides is 1. The van der Waals surface area contributed by atoms with Crippen molar-refractivity contribution in [3.05, 3.63) is 36.4 Å². The van der Waals surface area contributed by atoms with E-state index in [1.54, 1.807) is 30.3 Å². The smallest absolute Gasteiger partial charge is 0.138 e. The molecule has 0 heterocycles. The molecule has 1 rings (SSSR count). The van der Waals surface area contributed by atoms with E-state index in [0.717, 1.165) is 5.56 Å². The molecule has 0 aliphatic rings. The van der Waals surface area contributed by atoms with E-state index < -0.39 is 6.09 Å². The van der Waals surface area contributed by atoms with Crippen LogP contribution in [0, 0.1) is 0 Å². The number of nitrogens with one attached hydrogen (secondary N) is 1. The largest absolute Gasteiger partial charge is 0.530 e. The second-order valence-electron chi connectivity index (χ2n) is 2.24. The summed E-state index contributed by atoms with van der Waals surface area (Å²) in [4.78, 5) is 10.1. The van der Waals surface area contributed by atoms with Crippen molar-refractivity contribution in [1.82, 2.24) is 0 Å². The van der Waals surface area contributed by atoms with Crippen molar-refractivity contribution in [1.29, 1.82) is 0 Å². The summed E-state index contributed by atoms with van der Waals surface area (Å²) in [6.07, 6.45) is 0.379. The lowest BCUT2D eigenvalue weighted by Crippen LogP contribution is -2.28. The lowest BCUT2D eigenvalue weighted by Gasteiger charge is -2.05. The maximum absolute atomic E-state index is 10.1. The van der Waals surface area contributed by atoms with Crippen LogP contribution < -0.4 is 10.4 Å². The predicted molar refractivity (Wildman–Crippen MR) is 45.6 cm³/mol. The Bertz CT molecular complexity index is 290. The van der Waals surface area contributed by atoms with Gasteiger partial charge < -0.3 is 15.2 Å². The molecule has 12 heavy (non-hydrogen) atoms. The second-order valence-corrected chi connectivity index (χ2v) is 2.24. The third-order valence-corrected chi connectivity index (χ3v) is 1.39. The van der Waals surface area contributed by atoms with Gasteiger partial charge >= 0.3 is 0 Å². The zero-order chi connectivity index (χ0) is 8.97. The van der Waals surface area contributed by atoms with E-state index in [9.17, 15) is 9.90 Å². The number of carboxylic acid groups (broad SMARTS) is 1. The summed E-state index contributed by atoms with van der Waals surface area (Å²) in [7, 11) is 0. The normalized spacial score (nSPS) is 9.00. The fourth-order valence-electron chi connectivity index (χ4n) is 0.820. The van der Waals surface area contributed by atoms with Crippen molar-refractivity contribution >= 4 is 17.9 Å². The van der Waals surface area contributed by atoms with E-state index in [1.165, 1.54) is 0 Å². The van der Waals surface area contributed by atoms with Crippen LogP contribution in [0.2, 0.25) is 0 Å². The molecule has 3 nitrogen and oxygen atoms in total. The third kappa shape index (κ3) is 2.12.